The Bertz CT molecular complexity index is 249. The fraction of sp³-hybridized carbons (Fsp3) is 0.750. The maximum Gasteiger partial charge on any atom is 0.276 e. The van der Waals surface area contributed by atoms with Crippen LogP contribution >= 0.6 is 11.8 Å². The lowest BCUT2D eigenvalue weighted by Gasteiger charge is -2.00. The van der Waals surface area contributed by atoms with E-state index in [4.69, 9.17) is 10.2 Å². The summed E-state index contributed by atoms with van der Waals surface area (Å²) in [5.74, 6) is 2.24. The van der Waals surface area contributed by atoms with Crippen molar-refractivity contribution in [1.29, 1.82) is 0 Å². The highest BCUT2D eigenvalue weighted by Gasteiger charge is 2.04. The standard InChI is InChI=1S/C8H15N3OS/c1-6(2)3-4-13-8-11-10-7(5-9)12-8/h6H,3-5,9H2,1-2H3. The summed E-state index contributed by atoms with van der Waals surface area (Å²) in [5, 5.41) is 8.25. The Hall–Kier alpha value is -0.550. The molecule has 0 bridgehead atoms. The van der Waals surface area contributed by atoms with Gasteiger partial charge in [0.15, 0.2) is 0 Å². The highest BCUT2D eigenvalue weighted by atomic mass is 32.2. The molecule has 13 heavy (non-hydrogen) atoms. The molecule has 1 heterocycles. The SMILES string of the molecule is CC(C)CCSc1nnc(CN)o1. The summed E-state index contributed by atoms with van der Waals surface area (Å²) in [6.07, 6.45) is 1.16. The number of aromatic nitrogens is 2. The van der Waals surface area contributed by atoms with Gasteiger partial charge in [-0.2, -0.15) is 0 Å². The van der Waals surface area contributed by atoms with Crippen LogP contribution in [0.2, 0.25) is 0 Å². The van der Waals surface area contributed by atoms with Crippen LogP contribution in [0.4, 0.5) is 0 Å². The highest BCUT2D eigenvalue weighted by Crippen LogP contribution is 2.18. The molecule has 0 saturated heterocycles. The van der Waals surface area contributed by atoms with Crippen molar-refractivity contribution >= 4 is 11.8 Å². The van der Waals surface area contributed by atoms with Crippen LogP contribution in [-0.2, 0) is 6.54 Å². The monoisotopic (exact) mass is 201 g/mol. The maximum atomic E-state index is 5.33. The molecular weight excluding hydrogens is 186 g/mol. The summed E-state index contributed by atoms with van der Waals surface area (Å²) in [7, 11) is 0. The van der Waals surface area contributed by atoms with E-state index in [0.29, 0.717) is 23.6 Å². The van der Waals surface area contributed by atoms with Gasteiger partial charge in [0, 0.05) is 5.75 Å². The van der Waals surface area contributed by atoms with Crippen LogP contribution in [0.25, 0.3) is 0 Å². The van der Waals surface area contributed by atoms with Gasteiger partial charge in [0.2, 0.25) is 5.89 Å². The fourth-order valence-electron chi connectivity index (χ4n) is 0.761. The zero-order valence-corrected chi connectivity index (χ0v) is 8.80. The van der Waals surface area contributed by atoms with Crippen LogP contribution in [-0.4, -0.2) is 16.0 Å². The van der Waals surface area contributed by atoms with Gasteiger partial charge in [0.1, 0.15) is 0 Å². The van der Waals surface area contributed by atoms with Crippen molar-refractivity contribution < 1.29 is 4.42 Å². The third kappa shape index (κ3) is 3.78. The Morgan fingerprint density at radius 2 is 2.23 bits per heavy atom. The van der Waals surface area contributed by atoms with Gasteiger partial charge in [-0.25, -0.2) is 0 Å². The Morgan fingerprint density at radius 1 is 1.46 bits per heavy atom. The zero-order chi connectivity index (χ0) is 9.68. The molecule has 1 rings (SSSR count). The van der Waals surface area contributed by atoms with Crippen molar-refractivity contribution in [2.75, 3.05) is 5.75 Å². The van der Waals surface area contributed by atoms with Crippen molar-refractivity contribution in [2.45, 2.75) is 32.0 Å². The Balaban J connectivity index is 2.28. The van der Waals surface area contributed by atoms with E-state index in [2.05, 4.69) is 24.0 Å². The molecule has 0 spiro atoms. The third-order valence-electron chi connectivity index (χ3n) is 1.54. The molecule has 2 N–H and O–H groups in total. The summed E-state index contributed by atoms with van der Waals surface area (Å²) in [6, 6.07) is 0. The van der Waals surface area contributed by atoms with Crippen molar-refractivity contribution in [1.82, 2.24) is 10.2 Å². The first-order valence-electron chi connectivity index (χ1n) is 4.37. The molecular formula is C8H15N3OS. The molecule has 0 aromatic carbocycles. The van der Waals surface area contributed by atoms with Crippen LogP contribution in [0, 0.1) is 5.92 Å². The lowest BCUT2D eigenvalue weighted by Crippen LogP contribution is -1.95. The molecule has 4 nitrogen and oxygen atoms in total. The molecule has 0 radical (unpaired) electrons. The van der Waals surface area contributed by atoms with Crippen molar-refractivity contribution in [3.8, 4) is 0 Å². The van der Waals surface area contributed by atoms with Gasteiger partial charge >= 0.3 is 0 Å². The average molecular weight is 201 g/mol. The molecule has 5 heteroatoms. The van der Waals surface area contributed by atoms with Crippen LogP contribution in [0.5, 0.6) is 0 Å². The van der Waals surface area contributed by atoms with Gasteiger partial charge in [-0.15, -0.1) is 10.2 Å². The first kappa shape index (κ1) is 10.5. The first-order chi connectivity index (χ1) is 6.22. The van der Waals surface area contributed by atoms with E-state index in [1.807, 2.05) is 0 Å². The minimum atomic E-state index is 0.317. The number of rotatable bonds is 5. The molecule has 0 saturated carbocycles. The Morgan fingerprint density at radius 3 is 2.77 bits per heavy atom. The van der Waals surface area contributed by atoms with Crippen LogP contribution in [0.1, 0.15) is 26.2 Å². The van der Waals surface area contributed by atoms with Gasteiger partial charge in [-0.05, 0) is 12.3 Å². The van der Waals surface area contributed by atoms with Gasteiger partial charge < -0.3 is 10.2 Å². The van der Waals surface area contributed by atoms with Gasteiger partial charge in [-0.1, -0.05) is 25.6 Å². The zero-order valence-electron chi connectivity index (χ0n) is 7.99. The van der Waals surface area contributed by atoms with Crippen molar-refractivity contribution in [3.63, 3.8) is 0 Å². The summed E-state index contributed by atoms with van der Waals surface area (Å²) in [4.78, 5) is 0. The second-order valence-corrected chi connectivity index (χ2v) is 4.24. The summed E-state index contributed by atoms with van der Waals surface area (Å²) in [6.45, 7) is 4.71. The number of hydrogen-bond donors (Lipinski definition) is 1. The molecule has 0 fully saturated rings. The van der Waals surface area contributed by atoms with E-state index in [9.17, 15) is 0 Å². The number of nitrogens with two attached hydrogens (primary N) is 1. The van der Waals surface area contributed by atoms with E-state index >= 15 is 0 Å². The molecule has 0 aliphatic carbocycles. The third-order valence-corrected chi connectivity index (χ3v) is 2.40. The van der Waals surface area contributed by atoms with Gasteiger partial charge in [0.25, 0.3) is 5.22 Å². The van der Waals surface area contributed by atoms with E-state index in [-0.39, 0.29) is 0 Å². The number of hydrogen-bond acceptors (Lipinski definition) is 5. The predicted octanol–water partition coefficient (Wildman–Crippen LogP) is 1.67. The van der Waals surface area contributed by atoms with E-state index in [1.165, 1.54) is 0 Å². The molecule has 0 aliphatic rings. The van der Waals surface area contributed by atoms with Gasteiger partial charge in [0.05, 0.1) is 6.54 Å². The molecule has 1 aromatic rings. The second kappa shape index (κ2) is 5.24. The maximum absolute atomic E-state index is 5.33. The lowest BCUT2D eigenvalue weighted by atomic mass is 10.2. The van der Waals surface area contributed by atoms with Crippen molar-refractivity contribution in [2.24, 2.45) is 11.7 Å². The van der Waals surface area contributed by atoms with E-state index in [0.717, 1.165) is 12.2 Å². The fourth-order valence-corrected chi connectivity index (χ4v) is 1.78. The number of thioether (sulfide) groups is 1. The second-order valence-electron chi connectivity index (χ2n) is 3.20. The topological polar surface area (TPSA) is 64.9 Å². The van der Waals surface area contributed by atoms with E-state index in [1.54, 1.807) is 11.8 Å². The average Bonchev–Trinajstić information content (AvgIpc) is 2.52. The highest BCUT2D eigenvalue weighted by molar-refractivity contribution is 7.99. The predicted molar refractivity (Wildman–Crippen MR) is 52.4 cm³/mol. The summed E-state index contributed by atoms with van der Waals surface area (Å²) in [5.41, 5.74) is 5.33. The minimum Gasteiger partial charge on any atom is -0.415 e. The van der Waals surface area contributed by atoms with Crippen LogP contribution in [0.15, 0.2) is 9.64 Å². The molecule has 0 atom stereocenters. The van der Waals surface area contributed by atoms with Gasteiger partial charge in [-0.3, -0.25) is 0 Å². The molecule has 0 unspecified atom stereocenters. The summed E-state index contributed by atoms with van der Waals surface area (Å²) < 4.78 is 5.23. The molecule has 1 aromatic heterocycles. The Labute approximate surface area is 82.3 Å². The van der Waals surface area contributed by atoms with Crippen molar-refractivity contribution in [3.05, 3.63) is 5.89 Å². The largest absolute Gasteiger partial charge is 0.415 e. The quantitative estimate of drug-likeness (QED) is 0.734. The normalized spacial score (nSPS) is 11.1. The lowest BCUT2D eigenvalue weighted by molar-refractivity contribution is 0.414. The van der Waals surface area contributed by atoms with Crippen LogP contribution < -0.4 is 5.73 Å². The molecule has 0 amide bonds. The first-order valence-corrected chi connectivity index (χ1v) is 5.36. The van der Waals surface area contributed by atoms with Crippen LogP contribution in [0.3, 0.4) is 0 Å². The number of nitrogens with zero attached hydrogens (tertiary/aromatic N) is 2. The molecule has 0 aliphatic heterocycles. The smallest absolute Gasteiger partial charge is 0.276 e. The molecule has 74 valence electrons. The van der Waals surface area contributed by atoms with E-state index < -0.39 is 0 Å². The summed E-state index contributed by atoms with van der Waals surface area (Å²) >= 11 is 1.59. The Kier molecular flexibility index (Phi) is 4.24. The minimum absolute atomic E-state index is 0.317.